The molecule has 1 aromatic rings. The van der Waals surface area contributed by atoms with Crippen LogP contribution in [0.3, 0.4) is 0 Å². The van der Waals surface area contributed by atoms with Crippen molar-refractivity contribution in [2.75, 3.05) is 12.4 Å². The fraction of sp³-hybridized carbons (Fsp3) is 0.667. The molecule has 1 aliphatic rings. The molecule has 6 nitrogen and oxygen atoms in total. The van der Waals surface area contributed by atoms with Crippen molar-refractivity contribution in [1.82, 2.24) is 14.8 Å². The summed E-state index contributed by atoms with van der Waals surface area (Å²) in [6.07, 6.45) is 1.62. The van der Waals surface area contributed by atoms with E-state index in [0.717, 1.165) is 18.7 Å². The van der Waals surface area contributed by atoms with Crippen LogP contribution in [0.1, 0.15) is 24.6 Å². The molecule has 0 saturated heterocycles. The minimum atomic E-state index is -0.736. The first-order chi connectivity index (χ1) is 7.15. The van der Waals surface area contributed by atoms with Gasteiger partial charge in [0.05, 0.1) is 5.92 Å². The maximum Gasteiger partial charge on any atom is 0.307 e. The molecule has 1 aromatic heterocycles. The average molecular weight is 210 g/mol. The van der Waals surface area contributed by atoms with Crippen LogP contribution in [0.15, 0.2) is 0 Å². The lowest BCUT2D eigenvalue weighted by molar-refractivity contribution is -0.145. The third-order valence-corrected chi connectivity index (χ3v) is 3.06. The van der Waals surface area contributed by atoms with Crippen molar-refractivity contribution >= 4 is 11.9 Å². The molecule has 0 aromatic carbocycles. The maximum absolute atomic E-state index is 10.9. The van der Waals surface area contributed by atoms with Gasteiger partial charge in [0.15, 0.2) is 0 Å². The molecule has 2 rings (SSSR count). The molecule has 1 heterocycles. The predicted octanol–water partition coefficient (Wildman–Crippen LogP) is 0.435. The highest BCUT2D eigenvalue weighted by Gasteiger charge is 2.40. The lowest BCUT2D eigenvalue weighted by Crippen LogP contribution is -2.32. The Bertz CT molecular complexity index is 387. The molecular formula is C9H14N4O2. The number of carboxylic acid groups (broad SMARTS) is 1. The highest BCUT2D eigenvalue weighted by molar-refractivity contribution is 5.72. The number of anilines is 1. The predicted molar refractivity (Wildman–Crippen MR) is 53.7 cm³/mol. The molecule has 6 heteroatoms. The highest BCUT2D eigenvalue weighted by atomic mass is 16.4. The second-order valence-corrected chi connectivity index (χ2v) is 3.82. The van der Waals surface area contributed by atoms with E-state index in [1.54, 1.807) is 7.05 Å². The topological polar surface area (TPSA) is 80.0 Å². The molecule has 0 spiro atoms. The van der Waals surface area contributed by atoms with E-state index < -0.39 is 5.97 Å². The van der Waals surface area contributed by atoms with Crippen LogP contribution in [0.25, 0.3) is 0 Å². The Morgan fingerprint density at radius 3 is 2.67 bits per heavy atom. The van der Waals surface area contributed by atoms with Crippen LogP contribution in [-0.4, -0.2) is 32.9 Å². The lowest BCUT2D eigenvalue weighted by atomic mass is 9.73. The molecule has 0 amide bonds. The molecule has 82 valence electrons. The van der Waals surface area contributed by atoms with Crippen LogP contribution < -0.4 is 5.32 Å². The first-order valence-corrected chi connectivity index (χ1v) is 4.95. The fourth-order valence-electron chi connectivity index (χ4n) is 1.99. The zero-order valence-corrected chi connectivity index (χ0v) is 8.77. The van der Waals surface area contributed by atoms with Crippen molar-refractivity contribution in [1.29, 1.82) is 0 Å². The van der Waals surface area contributed by atoms with Gasteiger partial charge in [-0.1, -0.05) is 0 Å². The molecule has 1 saturated carbocycles. The quantitative estimate of drug-likeness (QED) is 0.756. The minimum Gasteiger partial charge on any atom is -0.481 e. The summed E-state index contributed by atoms with van der Waals surface area (Å²) in [6, 6.07) is 0. The van der Waals surface area contributed by atoms with Crippen molar-refractivity contribution < 1.29 is 9.90 Å². The van der Waals surface area contributed by atoms with E-state index in [9.17, 15) is 4.79 Å². The molecule has 0 radical (unpaired) electrons. The molecule has 1 fully saturated rings. The molecule has 0 unspecified atom stereocenters. The summed E-state index contributed by atoms with van der Waals surface area (Å²) < 4.78 is 1.82. The van der Waals surface area contributed by atoms with E-state index in [1.165, 1.54) is 0 Å². The van der Waals surface area contributed by atoms with Gasteiger partial charge in [-0.25, -0.2) is 0 Å². The summed E-state index contributed by atoms with van der Waals surface area (Å²) in [6.45, 7) is 0. The van der Waals surface area contributed by atoms with E-state index in [1.807, 2.05) is 11.6 Å². The summed E-state index contributed by atoms with van der Waals surface area (Å²) in [7, 11) is 3.61. The smallest absolute Gasteiger partial charge is 0.307 e. The number of aromatic nitrogens is 3. The molecule has 2 atom stereocenters. The van der Waals surface area contributed by atoms with Gasteiger partial charge in [-0.2, -0.15) is 0 Å². The van der Waals surface area contributed by atoms with E-state index in [-0.39, 0.29) is 11.8 Å². The normalized spacial score (nSPS) is 24.7. The number of hydrogen-bond donors (Lipinski definition) is 2. The van der Waals surface area contributed by atoms with Gasteiger partial charge in [-0.15, -0.1) is 10.2 Å². The van der Waals surface area contributed by atoms with Crippen LogP contribution in [0.2, 0.25) is 0 Å². The van der Waals surface area contributed by atoms with Gasteiger partial charge >= 0.3 is 5.97 Å². The average Bonchev–Trinajstić information content (AvgIpc) is 2.45. The Hall–Kier alpha value is -1.59. The molecule has 15 heavy (non-hydrogen) atoms. The SMILES string of the molecule is CNc1nnc([C@@H]2CC[C@@H]2C(=O)O)n1C. The fourth-order valence-corrected chi connectivity index (χ4v) is 1.99. The van der Waals surface area contributed by atoms with Crippen molar-refractivity contribution in [3.63, 3.8) is 0 Å². The van der Waals surface area contributed by atoms with Gasteiger partial charge in [0.25, 0.3) is 0 Å². The Balaban J connectivity index is 2.23. The highest BCUT2D eigenvalue weighted by Crippen LogP contribution is 2.41. The van der Waals surface area contributed by atoms with E-state index >= 15 is 0 Å². The number of hydrogen-bond acceptors (Lipinski definition) is 4. The molecular weight excluding hydrogens is 196 g/mol. The first kappa shape index (κ1) is 9.95. The number of aliphatic carboxylic acids is 1. The largest absolute Gasteiger partial charge is 0.481 e. The van der Waals surface area contributed by atoms with E-state index in [2.05, 4.69) is 15.5 Å². The monoisotopic (exact) mass is 210 g/mol. The zero-order valence-electron chi connectivity index (χ0n) is 8.77. The summed E-state index contributed by atoms with van der Waals surface area (Å²) in [4.78, 5) is 10.9. The van der Waals surface area contributed by atoms with Crippen LogP contribution >= 0.6 is 0 Å². The van der Waals surface area contributed by atoms with Gasteiger partial charge < -0.3 is 15.0 Å². The van der Waals surface area contributed by atoms with Crippen LogP contribution in [0.4, 0.5) is 5.95 Å². The van der Waals surface area contributed by atoms with Crippen molar-refractivity contribution in [3.05, 3.63) is 5.82 Å². The minimum absolute atomic E-state index is 0.0158. The number of nitrogens with one attached hydrogen (secondary N) is 1. The zero-order chi connectivity index (χ0) is 11.0. The molecule has 2 N–H and O–H groups in total. The summed E-state index contributed by atoms with van der Waals surface area (Å²) in [5.41, 5.74) is 0. The Morgan fingerprint density at radius 1 is 1.53 bits per heavy atom. The van der Waals surface area contributed by atoms with Crippen molar-refractivity contribution in [2.24, 2.45) is 13.0 Å². The number of carbonyl (C=O) groups is 1. The molecule has 1 aliphatic carbocycles. The first-order valence-electron chi connectivity index (χ1n) is 4.95. The van der Waals surface area contributed by atoms with Crippen LogP contribution in [0, 0.1) is 5.92 Å². The third-order valence-electron chi connectivity index (χ3n) is 3.06. The number of rotatable bonds is 3. The third kappa shape index (κ3) is 1.45. The summed E-state index contributed by atoms with van der Waals surface area (Å²) >= 11 is 0. The van der Waals surface area contributed by atoms with E-state index in [0.29, 0.717) is 5.95 Å². The summed E-state index contributed by atoms with van der Waals surface area (Å²) in [5.74, 6) is 0.416. The van der Waals surface area contributed by atoms with Crippen LogP contribution in [0.5, 0.6) is 0 Å². The molecule has 0 aliphatic heterocycles. The second-order valence-electron chi connectivity index (χ2n) is 3.82. The van der Waals surface area contributed by atoms with Gasteiger partial charge in [-0.3, -0.25) is 4.79 Å². The van der Waals surface area contributed by atoms with E-state index in [4.69, 9.17) is 5.11 Å². The number of nitrogens with zero attached hydrogens (tertiary/aromatic N) is 3. The number of carboxylic acids is 1. The van der Waals surface area contributed by atoms with Gasteiger partial charge in [0, 0.05) is 20.0 Å². The Morgan fingerprint density at radius 2 is 2.27 bits per heavy atom. The second kappa shape index (κ2) is 3.52. The van der Waals surface area contributed by atoms with Crippen molar-refractivity contribution in [3.8, 4) is 0 Å². The maximum atomic E-state index is 10.9. The lowest BCUT2D eigenvalue weighted by Gasteiger charge is -2.32. The van der Waals surface area contributed by atoms with Gasteiger partial charge in [0.2, 0.25) is 5.95 Å². The Kier molecular flexibility index (Phi) is 2.34. The van der Waals surface area contributed by atoms with Crippen LogP contribution in [-0.2, 0) is 11.8 Å². The molecule has 0 bridgehead atoms. The summed E-state index contributed by atoms with van der Waals surface area (Å²) in [5, 5.41) is 19.8. The van der Waals surface area contributed by atoms with Gasteiger partial charge in [0.1, 0.15) is 5.82 Å². The standard InChI is InChI=1S/C9H14N4O2/c1-10-9-12-11-7(13(9)2)5-3-4-6(5)8(14)15/h5-6H,3-4H2,1-2H3,(H,10,12)(H,14,15)/t5-,6+/m1/s1. The van der Waals surface area contributed by atoms with Gasteiger partial charge in [-0.05, 0) is 12.8 Å². The Labute approximate surface area is 87.3 Å². The van der Waals surface area contributed by atoms with Crippen molar-refractivity contribution in [2.45, 2.75) is 18.8 Å².